The summed E-state index contributed by atoms with van der Waals surface area (Å²) in [7, 11) is 0. The maximum absolute atomic E-state index is 10.7. The van der Waals surface area contributed by atoms with E-state index in [0.717, 1.165) is 12.2 Å². The second kappa shape index (κ2) is 20.8. The van der Waals surface area contributed by atoms with Gasteiger partial charge in [-0.15, -0.1) is 0 Å². The monoisotopic (exact) mass is 412 g/mol. The fourth-order valence-electron chi connectivity index (χ4n) is 3.53. The molecule has 160 valence electrons. The third-order valence-electron chi connectivity index (χ3n) is 5.36. The molecule has 1 rings (SSSR count). The van der Waals surface area contributed by atoms with E-state index in [1.807, 2.05) is 0 Å². The zero-order valence-electron chi connectivity index (χ0n) is 19.1. The van der Waals surface area contributed by atoms with Gasteiger partial charge in [0.05, 0.1) is 12.6 Å². The van der Waals surface area contributed by atoms with E-state index in [4.69, 9.17) is 4.74 Å². The zero-order chi connectivity index (χ0) is 20.3. The quantitative estimate of drug-likeness (QED) is 0.257. The van der Waals surface area contributed by atoms with Crippen LogP contribution in [0.2, 0.25) is 0 Å². The molecule has 1 aromatic rings. The fourth-order valence-corrected chi connectivity index (χ4v) is 3.53. The standard InChI is InChI=1S/C25H42O3.Na/c1-2-3-4-5-6-7-8-9-10-11-12-13-14-15-16-17-22-28-24-20-18-23(19-21-24)25(26)27;/h18-21H,2-17,22H2,1H3,(H,26,27);/q;+1/p-1. The average Bonchev–Trinajstić information content (AvgIpc) is 2.70. The summed E-state index contributed by atoms with van der Waals surface area (Å²) in [6, 6.07) is 6.44. The van der Waals surface area contributed by atoms with Crippen molar-refractivity contribution in [2.75, 3.05) is 6.61 Å². The topological polar surface area (TPSA) is 49.4 Å². The minimum absolute atomic E-state index is 0. The van der Waals surface area contributed by atoms with E-state index in [2.05, 4.69) is 6.92 Å². The number of carbonyl (C=O) groups excluding carboxylic acids is 1. The van der Waals surface area contributed by atoms with E-state index in [9.17, 15) is 9.90 Å². The summed E-state index contributed by atoms with van der Waals surface area (Å²) < 4.78 is 5.65. The molecule has 0 atom stereocenters. The minimum Gasteiger partial charge on any atom is -0.545 e. The molecular formula is C25H41NaO3. The molecule has 4 heteroatoms. The van der Waals surface area contributed by atoms with Gasteiger partial charge in [-0.05, 0) is 36.2 Å². The first-order valence-corrected chi connectivity index (χ1v) is 11.7. The fraction of sp³-hybridized carbons (Fsp3) is 0.720. The third-order valence-corrected chi connectivity index (χ3v) is 5.36. The molecule has 0 aliphatic carbocycles. The summed E-state index contributed by atoms with van der Waals surface area (Å²) >= 11 is 0. The van der Waals surface area contributed by atoms with Crippen LogP contribution in [0, 0.1) is 0 Å². The number of hydrogen-bond donors (Lipinski definition) is 0. The van der Waals surface area contributed by atoms with Crippen LogP contribution in [0.1, 0.15) is 120 Å². The Kier molecular flexibility index (Phi) is 20.4. The zero-order valence-corrected chi connectivity index (χ0v) is 21.1. The number of carbonyl (C=O) groups is 1. The molecule has 0 unspecified atom stereocenters. The first-order valence-electron chi connectivity index (χ1n) is 11.7. The number of carboxylic acid groups (broad SMARTS) is 1. The van der Waals surface area contributed by atoms with Gasteiger partial charge < -0.3 is 14.6 Å². The predicted molar refractivity (Wildman–Crippen MR) is 116 cm³/mol. The summed E-state index contributed by atoms with van der Waals surface area (Å²) in [5, 5.41) is 10.7. The van der Waals surface area contributed by atoms with Gasteiger partial charge in [0.2, 0.25) is 0 Å². The molecule has 0 aromatic heterocycles. The second-order valence-corrected chi connectivity index (χ2v) is 7.96. The number of ether oxygens (including phenoxy) is 1. The van der Waals surface area contributed by atoms with Crippen molar-refractivity contribution in [1.29, 1.82) is 0 Å². The van der Waals surface area contributed by atoms with Crippen molar-refractivity contribution in [1.82, 2.24) is 0 Å². The van der Waals surface area contributed by atoms with Gasteiger partial charge in [0.25, 0.3) is 0 Å². The number of benzene rings is 1. The van der Waals surface area contributed by atoms with Gasteiger partial charge in [0, 0.05) is 0 Å². The predicted octanol–water partition coefficient (Wildman–Crippen LogP) is 3.69. The molecular weight excluding hydrogens is 371 g/mol. The van der Waals surface area contributed by atoms with Crippen molar-refractivity contribution in [2.45, 2.75) is 110 Å². The molecule has 0 spiro atoms. The Labute approximate surface area is 201 Å². The number of rotatable bonds is 19. The van der Waals surface area contributed by atoms with E-state index in [-0.39, 0.29) is 35.1 Å². The first-order chi connectivity index (χ1) is 13.7. The first kappa shape index (κ1) is 28.5. The Morgan fingerprint density at radius 1 is 0.690 bits per heavy atom. The molecule has 0 amide bonds. The van der Waals surface area contributed by atoms with E-state index >= 15 is 0 Å². The van der Waals surface area contributed by atoms with Gasteiger partial charge in [0.15, 0.2) is 0 Å². The molecule has 0 heterocycles. The summed E-state index contributed by atoms with van der Waals surface area (Å²) in [4.78, 5) is 10.7. The molecule has 1 aromatic carbocycles. The van der Waals surface area contributed by atoms with Crippen LogP contribution >= 0.6 is 0 Å². The summed E-state index contributed by atoms with van der Waals surface area (Å²) in [6.07, 6.45) is 21.8. The molecule has 0 fully saturated rings. The van der Waals surface area contributed by atoms with Crippen LogP contribution < -0.4 is 39.4 Å². The smallest absolute Gasteiger partial charge is 0.545 e. The number of unbranched alkanes of at least 4 members (excludes halogenated alkanes) is 15. The normalized spacial score (nSPS) is 10.5. The Hall–Kier alpha value is -0.510. The van der Waals surface area contributed by atoms with Crippen LogP contribution in [-0.2, 0) is 0 Å². The summed E-state index contributed by atoms with van der Waals surface area (Å²) in [5.74, 6) is -0.421. The molecule has 0 aliphatic heterocycles. The van der Waals surface area contributed by atoms with Crippen molar-refractivity contribution in [3.8, 4) is 5.75 Å². The molecule has 3 nitrogen and oxygen atoms in total. The summed E-state index contributed by atoms with van der Waals surface area (Å²) in [5.41, 5.74) is 0.190. The molecule has 0 N–H and O–H groups in total. The van der Waals surface area contributed by atoms with Crippen molar-refractivity contribution in [2.24, 2.45) is 0 Å². The molecule has 0 aliphatic rings. The van der Waals surface area contributed by atoms with Crippen LogP contribution in [0.3, 0.4) is 0 Å². The maximum atomic E-state index is 10.7. The van der Waals surface area contributed by atoms with Crippen molar-refractivity contribution >= 4 is 5.97 Å². The SMILES string of the molecule is CCCCCCCCCCCCCCCCCCOc1ccc(C(=O)[O-])cc1.[Na+]. The van der Waals surface area contributed by atoms with Crippen LogP contribution in [0.25, 0.3) is 0 Å². The molecule has 29 heavy (non-hydrogen) atoms. The molecule has 0 saturated heterocycles. The van der Waals surface area contributed by atoms with Crippen LogP contribution in [0.15, 0.2) is 24.3 Å². The van der Waals surface area contributed by atoms with E-state index in [1.54, 1.807) is 12.1 Å². The van der Waals surface area contributed by atoms with Gasteiger partial charge in [-0.25, -0.2) is 0 Å². The number of hydrogen-bond acceptors (Lipinski definition) is 3. The Morgan fingerprint density at radius 3 is 1.45 bits per heavy atom. The van der Waals surface area contributed by atoms with E-state index < -0.39 is 5.97 Å². The van der Waals surface area contributed by atoms with Crippen molar-refractivity contribution in [3.63, 3.8) is 0 Å². The Morgan fingerprint density at radius 2 is 1.07 bits per heavy atom. The van der Waals surface area contributed by atoms with Crippen molar-refractivity contribution in [3.05, 3.63) is 29.8 Å². The summed E-state index contributed by atoms with van der Waals surface area (Å²) in [6.45, 7) is 2.97. The molecule has 0 saturated carbocycles. The van der Waals surface area contributed by atoms with Crippen LogP contribution in [-0.4, -0.2) is 12.6 Å². The van der Waals surface area contributed by atoms with Gasteiger partial charge in [-0.3, -0.25) is 0 Å². The van der Waals surface area contributed by atoms with E-state index in [1.165, 1.54) is 108 Å². The second-order valence-electron chi connectivity index (χ2n) is 7.96. The number of aromatic carboxylic acids is 1. The average molecular weight is 413 g/mol. The largest absolute Gasteiger partial charge is 1.00 e. The van der Waals surface area contributed by atoms with Crippen LogP contribution in [0.4, 0.5) is 0 Å². The Bertz CT molecular complexity index is 487. The van der Waals surface area contributed by atoms with Gasteiger partial charge in [0.1, 0.15) is 5.75 Å². The minimum atomic E-state index is -1.15. The van der Waals surface area contributed by atoms with Crippen LogP contribution in [0.5, 0.6) is 5.75 Å². The van der Waals surface area contributed by atoms with Gasteiger partial charge >= 0.3 is 29.6 Å². The Balaban J connectivity index is 0.00000784. The van der Waals surface area contributed by atoms with Gasteiger partial charge in [-0.1, -0.05) is 103 Å². The molecule has 0 bridgehead atoms. The maximum Gasteiger partial charge on any atom is 1.00 e. The third kappa shape index (κ3) is 16.9. The molecule has 0 radical (unpaired) electrons. The van der Waals surface area contributed by atoms with Crippen molar-refractivity contribution < 1.29 is 44.2 Å². The van der Waals surface area contributed by atoms with E-state index in [0.29, 0.717) is 6.61 Å². The number of carboxylic acids is 1. The van der Waals surface area contributed by atoms with Gasteiger partial charge in [-0.2, -0.15) is 0 Å².